The Balaban J connectivity index is 1.61. The van der Waals surface area contributed by atoms with Gasteiger partial charge in [-0.2, -0.15) is 5.10 Å². The Morgan fingerprint density at radius 3 is 2.42 bits per heavy atom. The van der Waals surface area contributed by atoms with Gasteiger partial charge in [0.25, 0.3) is 11.8 Å². The molecule has 2 aliphatic rings. The summed E-state index contributed by atoms with van der Waals surface area (Å²) in [7, 11) is -3.11. The molecule has 1 saturated heterocycles. The average molecular weight is 439 g/mol. The van der Waals surface area contributed by atoms with Crippen molar-refractivity contribution in [1.29, 1.82) is 0 Å². The summed E-state index contributed by atoms with van der Waals surface area (Å²) in [5, 5.41) is 5.03. The summed E-state index contributed by atoms with van der Waals surface area (Å²) in [5.74, 6) is -0.370. The molecule has 0 radical (unpaired) electrons. The van der Waals surface area contributed by atoms with Crippen LogP contribution in [0.2, 0.25) is 0 Å². The molecule has 2 aliphatic heterocycles. The molecule has 31 heavy (non-hydrogen) atoms. The number of carbonyl (C=O) groups excluding carboxylic acids is 2. The molecule has 0 N–H and O–H groups in total. The van der Waals surface area contributed by atoms with Crippen molar-refractivity contribution in [2.24, 2.45) is 0 Å². The first kappa shape index (κ1) is 19.9. The molecule has 0 saturated carbocycles. The smallest absolute Gasteiger partial charge is 0.267 e. The van der Waals surface area contributed by atoms with E-state index < -0.39 is 21.7 Å². The minimum atomic E-state index is -3.11. The van der Waals surface area contributed by atoms with Crippen LogP contribution in [-0.4, -0.2) is 46.5 Å². The molecule has 1 aromatic carbocycles. The minimum Gasteiger partial charge on any atom is -0.268 e. The molecule has 9 heteroatoms. The number of sulfone groups is 1. The van der Waals surface area contributed by atoms with Crippen molar-refractivity contribution in [1.82, 2.24) is 14.8 Å². The highest BCUT2D eigenvalue weighted by Crippen LogP contribution is 2.36. The molecule has 1 atom stereocenters. The van der Waals surface area contributed by atoms with Crippen LogP contribution in [0.4, 0.5) is 5.69 Å². The van der Waals surface area contributed by atoms with E-state index in [-0.39, 0.29) is 28.7 Å². The molecular formula is C22H22N4O4S. The van der Waals surface area contributed by atoms with Crippen LogP contribution in [0, 0.1) is 6.92 Å². The van der Waals surface area contributed by atoms with E-state index in [9.17, 15) is 18.0 Å². The van der Waals surface area contributed by atoms with E-state index in [1.807, 2.05) is 12.1 Å². The molecule has 160 valence electrons. The van der Waals surface area contributed by atoms with Crippen LogP contribution in [0.1, 0.15) is 64.2 Å². The number of aryl methyl sites for hydroxylation is 1. The number of pyridine rings is 1. The average Bonchev–Trinajstić information content (AvgIpc) is 3.34. The van der Waals surface area contributed by atoms with E-state index >= 15 is 0 Å². The predicted octanol–water partition coefficient (Wildman–Crippen LogP) is 3.02. The third kappa shape index (κ3) is 2.98. The molecule has 1 unspecified atom stereocenters. The number of anilines is 1. The fourth-order valence-electron chi connectivity index (χ4n) is 4.45. The van der Waals surface area contributed by atoms with Gasteiger partial charge < -0.3 is 0 Å². The molecular weight excluding hydrogens is 416 g/mol. The van der Waals surface area contributed by atoms with Gasteiger partial charge in [0, 0.05) is 6.20 Å². The largest absolute Gasteiger partial charge is 0.268 e. The first-order chi connectivity index (χ1) is 14.7. The lowest BCUT2D eigenvalue weighted by atomic mass is 10.0. The number of benzene rings is 1. The van der Waals surface area contributed by atoms with Gasteiger partial charge in [0.15, 0.2) is 15.5 Å². The molecule has 1 fully saturated rings. The van der Waals surface area contributed by atoms with Crippen molar-refractivity contribution in [2.45, 2.75) is 39.2 Å². The Morgan fingerprint density at radius 1 is 1.10 bits per heavy atom. The van der Waals surface area contributed by atoms with Gasteiger partial charge in [-0.15, -0.1) is 0 Å². The lowest BCUT2D eigenvalue weighted by Gasteiger charge is -2.15. The highest BCUT2D eigenvalue weighted by atomic mass is 32.2. The Labute approximate surface area is 179 Å². The van der Waals surface area contributed by atoms with Crippen molar-refractivity contribution in [2.75, 3.05) is 16.4 Å². The lowest BCUT2D eigenvalue weighted by molar-refractivity contribution is 0.0926. The van der Waals surface area contributed by atoms with Crippen molar-refractivity contribution in [3.8, 4) is 0 Å². The Hall–Kier alpha value is -3.07. The van der Waals surface area contributed by atoms with Crippen LogP contribution in [-0.2, 0) is 9.84 Å². The number of rotatable bonds is 3. The van der Waals surface area contributed by atoms with E-state index in [0.29, 0.717) is 34.8 Å². The van der Waals surface area contributed by atoms with Gasteiger partial charge in [0.05, 0.1) is 45.4 Å². The van der Waals surface area contributed by atoms with Crippen molar-refractivity contribution in [3.63, 3.8) is 0 Å². The van der Waals surface area contributed by atoms with Gasteiger partial charge in [0.2, 0.25) is 0 Å². The van der Waals surface area contributed by atoms with Crippen LogP contribution in [0.3, 0.4) is 0 Å². The zero-order valence-corrected chi connectivity index (χ0v) is 18.3. The summed E-state index contributed by atoms with van der Waals surface area (Å²) in [6.45, 7) is 5.91. The monoisotopic (exact) mass is 438 g/mol. The van der Waals surface area contributed by atoms with Crippen molar-refractivity contribution >= 4 is 38.4 Å². The second-order valence-corrected chi connectivity index (χ2v) is 10.8. The molecule has 2 amide bonds. The summed E-state index contributed by atoms with van der Waals surface area (Å²) in [6, 6.07) is 7.07. The quantitative estimate of drug-likeness (QED) is 0.583. The number of imide groups is 1. The van der Waals surface area contributed by atoms with Gasteiger partial charge in [-0.25, -0.2) is 23.0 Å². The SMILES string of the molecule is Cc1nn(C2CCS(=O)(=O)C2)c2ncc3c(c12)C(=O)N(c1ccc(C(C)C)cc1)C3=O. The number of fused-ring (bicyclic) bond motifs is 3. The second kappa shape index (κ2) is 6.71. The standard InChI is InChI=1S/C22H22N4O4S/c1-12(2)14-4-6-15(7-5-14)25-21(27)17-10-23-20-18(19(17)22(25)28)13(3)24-26(20)16-8-9-31(29,30)11-16/h4-7,10,12,16H,8-9,11H2,1-3H3. The second-order valence-electron chi connectivity index (χ2n) is 8.52. The summed E-state index contributed by atoms with van der Waals surface area (Å²) in [4.78, 5) is 32.1. The van der Waals surface area contributed by atoms with E-state index in [0.717, 1.165) is 5.56 Å². The summed E-state index contributed by atoms with van der Waals surface area (Å²) < 4.78 is 25.5. The number of carbonyl (C=O) groups is 2. The van der Waals surface area contributed by atoms with E-state index in [1.54, 1.807) is 23.7 Å². The first-order valence-electron chi connectivity index (χ1n) is 10.2. The van der Waals surface area contributed by atoms with Gasteiger partial charge in [-0.3, -0.25) is 9.59 Å². The lowest BCUT2D eigenvalue weighted by Crippen LogP contribution is -2.29. The molecule has 0 aliphatic carbocycles. The number of aromatic nitrogens is 3. The van der Waals surface area contributed by atoms with Crippen LogP contribution >= 0.6 is 0 Å². The maximum absolute atomic E-state index is 13.4. The summed E-state index contributed by atoms with van der Waals surface area (Å²) in [5.41, 5.74) is 3.15. The maximum atomic E-state index is 13.4. The third-order valence-corrected chi connectivity index (χ3v) is 7.87. The zero-order chi connectivity index (χ0) is 22.1. The normalized spacial score (nSPS) is 20.3. The molecule has 0 bridgehead atoms. The fraction of sp³-hybridized carbons (Fsp3) is 0.364. The van der Waals surface area contributed by atoms with Gasteiger partial charge in [-0.1, -0.05) is 26.0 Å². The van der Waals surface area contributed by atoms with Crippen molar-refractivity contribution < 1.29 is 18.0 Å². The van der Waals surface area contributed by atoms with Gasteiger partial charge in [-0.05, 0) is 37.0 Å². The molecule has 2 aromatic heterocycles. The van der Waals surface area contributed by atoms with Crippen LogP contribution in [0.25, 0.3) is 11.0 Å². The van der Waals surface area contributed by atoms with E-state index in [1.165, 1.54) is 11.1 Å². The summed E-state index contributed by atoms with van der Waals surface area (Å²) >= 11 is 0. The first-order valence-corrected chi connectivity index (χ1v) is 12.1. The highest BCUT2D eigenvalue weighted by Gasteiger charge is 2.41. The minimum absolute atomic E-state index is 0.00316. The Kier molecular flexibility index (Phi) is 4.30. The Morgan fingerprint density at radius 2 is 1.81 bits per heavy atom. The maximum Gasteiger partial charge on any atom is 0.267 e. The molecule has 3 aromatic rings. The van der Waals surface area contributed by atoms with Crippen LogP contribution < -0.4 is 4.90 Å². The number of hydrogen-bond acceptors (Lipinski definition) is 6. The number of hydrogen-bond donors (Lipinski definition) is 0. The zero-order valence-electron chi connectivity index (χ0n) is 17.5. The fourth-order valence-corrected chi connectivity index (χ4v) is 6.14. The van der Waals surface area contributed by atoms with Gasteiger partial charge in [0.1, 0.15) is 0 Å². The Bertz CT molecular complexity index is 1360. The predicted molar refractivity (Wildman–Crippen MR) is 116 cm³/mol. The summed E-state index contributed by atoms with van der Waals surface area (Å²) in [6.07, 6.45) is 1.86. The molecule has 5 rings (SSSR count). The molecule has 8 nitrogen and oxygen atoms in total. The van der Waals surface area contributed by atoms with Crippen molar-refractivity contribution in [3.05, 3.63) is 52.8 Å². The third-order valence-electron chi connectivity index (χ3n) is 6.12. The van der Waals surface area contributed by atoms with E-state index in [2.05, 4.69) is 23.9 Å². The number of amides is 2. The van der Waals surface area contributed by atoms with E-state index in [4.69, 9.17) is 0 Å². The topological polar surface area (TPSA) is 102 Å². The molecule has 0 spiro atoms. The van der Waals surface area contributed by atoms with Crippen LogP contribution in [0.15, 0.2) is 30.5 Å². The molecule has 4 heterocycles. The number of nitrogens with zero attached hydrogens (tertiary/aromatic N) is 4. The van der Waals surface area contributed by atoms with Gasteiger partial charge >= 0.3 is 0 Å². The highest BCUT2D eigenvalue weighted by molar-refractivity contribution is 7.91. The van der Waals surface area contributed by atoms with Crippen LogP contribution in [0.5, 0.6) is 0 Å².